The first kappa shape index (κ1) is 18.4. The quantitative estimate of drug-likeness (QED) is 0.809. The lowest BCUT2D eigenvalue weighted by molar-refractivity contribution is -0.134. The summed E-state index contributed by atoms with van der Waals surface area (Å²) in [5.74, 6) is 1.44. The van der Waals surface area contributed by atoms with Crippen molar-refractivity contribution < 1.29 is 4.79 Å². The number of hydrogen-bond donors (Lipinski definition) is 0. The summed E-state index contributed by atoms with van der Waals surface area (Å²) in [4.78, 5) is 17.1. The van der Waals surface area contributed by atoms with Gasteiger partial charge < -0.3 is 9.47 Å². The Labute approximate surface area is 165 Å². The first-order valence-electron chi connectivity index (χ1n) is 9.48. The zero-order valence-electron chi connectivity index (χ0n) is 16.1. The van der Waals surface area contributed by atoms with Crippen molar-refractivity contribution in [2.75, 3.05) is 26.2 Å². The molecule has 3 heterocycles. The van der Waals surface area contributed by atoms with Gasteiger partial charge >= 0.3 is 0 Å². The van der Waals surface area contributed by atoms with Crippen LogP contribution in [0, 0.1) is 11.3 Å². The standard InChI is InChI=1S/C20H26ClN5O/c1-14(2)19(27)26-9-16(18-23-22-13-24(18)3)20(12-26)10-25(11-20)8-15-6-4-5-7-17(15)21/h4-7,13-14,16H,8-12H2,1-3H3. The second-order valence-corrected chi connectivity index (χ2v) is 8.73. The Kier molecular flexibility index (Phi) is 4.72. The maximum atomic E-state index is 12.6. The molecular weight excluding hydrogens is 362 g/mol. The summed E-state index contributed by atoms with van der Waals surface area (Å²) in [6.45, 7) is 8.18. The van der Waals surface area contributed by atoms with Gasteiger partial charge in [0.25, 0.3) is 0 Å². The molecule has 0 bridgehead atoms. The van der Waals surface area contributed by atoms with Gasteiger partial charge in [-0.15, -0.1) is 10.2 Å². The molecule has 0 radical (unpaired) electrons. The van der Waals surface area contributed by atoms with Crippen LogP contribution in [0.2, 0.25) is 5.02 Å². The van der Waals surface area contributed by atoms with Crippen LogP contribution in [0.5, 0.6) is 0 Å². The lowest BCUT2D eigenvalue weighted by Gasteiger charge is -2.50. The summed E-state index contributed by atoms with van der Waals surface area (Å²) in [7, 11) is 1.98. The van der Waals surface area contributed by atoms with E-state index in [9.17, 15) is 4.79 Å². The number of aromatic nitrogens is 3. The number of rotatable bonds is 4. The molecule has 1 unspecified atom stereocenters. The van der Waals surface area contributed by atoms with Crippen LogP contribution in [-0.2, 0) is 18.4 Å². The number of likely N-dealkylation sites (tertiary alicyclic amines) is 2. The number of aryl methyl sites for hydroxylation is 1. The van der Waals surface area contributed by atoms with Gasteiger partial charge in [0, 0.05) is 62.0 Å². The molecule has 1 aromatic carbocycles. The average Bonchev–Trinajstić information content (AvgIpc) is 3.19. The molecule has 2 fully saturated rings. The highest BCUT2D eigenvalue weighted by Crippen LogP contribution is 2.49. The summed E-state index contributed by atoms with van der Waals surface area (Å²) in [6.07, 6.45) is 1.75. The zero-order valence-corrected chi connectivity index (χ0v) is 16.9. The van der Waals surface area contributed by atoms with Gasteiger partial charge in [0.15, 0.2) is 0 Å². The van der Waals surface area contributed by atoms with Gasteiger partial charge in [-0.05, 0) is 11.6 Å². The minimum absolute atomic E-state index is 0.0135. The molecule has 2 aliphatic rings. The Morgan fingerprint density at radius 2 is 2.04 bits per heavy atom. The van der Waals surface area contributed by atoms with Crippen molar-refractivity contribution in [2.24, 2.45) is 18.4 Å². The van der Waals surface area contributed by atoms with Crippen molar-refractivity contribution in [1.29, 1.82) is 0 Å². The minimum Gasteiger partial charge on any atom is -0.341 e. The fourth-order valence-electron chi connectivity index (χ4n) is 4.61. The number of amides is 1. The Hall–Kier alpha value is -1.92. The van der Waals surface area contributed by atoms with Gasteiger partial charge in [-0.3, -0.25) is 9.69 Å². The highest BCUT2D eigenvalue weighted by Gasteiger charge is 2.56. The van der Waals surface area contributed by atoms with Crippen LogP contribution in [0.3, 0.4) is 0 Å². The zero-order chi connectivity index (χ0) is 19.2. The predicted octanol–water partition coefficient (Wildman–Crippen LogP) is 2.55. The van der Waals surface area contributed by atoms with E-state index in [2.05, 4.69) is 21.2 Å². The predicted molar refractivity (Wildman–Crippen MR) is 104 cm³/mol. The van der Waals surface area contributed by atoms with E-state index >= 15 is 0 Å². The SMILES string of the molecule is CC(C)C(=O)N1CC(c2nncn2C)C2(CN(Cc3ccccc3Cl)C2)C1. The first-order chi connectivity index (χ1) is 12.9. The molecule has 27 heavy (non-hydrogen) atoms. The number of benzene rings is 1. The van der Waals surface area contributed by atoms with E-state index in [1.807, 2.05) is 48.6 Å². The molecule has 0 aliphatic carbocycles. The molecule has 144 valence electrons. The third-order valence-electron chi connectivity index (χ3n) is 5.94. The highest BCUT2D eigenvalue weighted by atomic mass is 35.5. The largest absolute Gasteiger partial charge is 0.341 e. The fourth-order valence-corrected chi connectivity index (χ4v) is 4.80. The second-order valence-electron chi connectivity index (χ2n) is 8.33. The Bertz CT molecular complexity index is 842. The summed E-state index contributed by atoms with van der Waals surface area (Å²) in [5, 5.41) is 9.26. The minimum atomic E-state index is 0.0135. The van der Waals surface area contributed by atoms with Gasteiger partial charge in [-0.2, -0.15) is 0 Å². The van der Waals surface area contributed by atoms with Crippen LogP contribution in [0.4, 0.5) is 0 Å². The van der Waals surface area contributed by atoms with Crippen LogP contribution >= 0.6 is 11.6 Å². The van der Waals surface area contributed by atoms with Crippen LogP contribution < -0.4 is 0 Å². The van der Waals surface area contributed by atoms with Crippen molar-refractivity contribution in [3.63, 3.8) is 0 Å². The lowest BCUT2D eigenvalue weighted by Crippen LogP contribution is -2.59. The van der Waals surface area contributed by atoms with Gasteiger partial charge in [0.2, 0.25) is 5.91 Å². The van der Waals surface area contributed by atoms with E-state index in [0.29, 0.717) is 0 Å². The third kappa shape index (κ3) is 3.25. The monoisotopic (exact) mass is 387 g/mol. The molecule has 0 N–H and O–H groups in total. The van der Waals surface area contributed by atoms with Gasteiger partial charge in [0.05, 0.1) is 0 Å². The molecule has 1 aromatic heterocycles. The van der Waals surface area contributed by atoms with Crippen LogP contribution in [-0.4, -0.2) is 56.7 Å². The van der Waals surface area contributed by atoms with Gasteiger partial charge in [0.1, 0.15) is 12.2 Å². The van der Waals surface area contributed by atoms with Gasteiger partial charge in [-0.25, -0.2) is 0 Å². The molecule has 2 aromatic rings. The fraction of sp³-hybridized carbons (Fsp3) is 0.550. The topological polar surface area (TPSA) is 54.3 Å². The van der Waals surface area contributed by atoms with E-state index in [0.717, 1.165) is 49.1 Å². The molecule has 1 atom stereocenters. The average molecular weight is 388 g/mol. The number of carbonyl (C=O) groups is 1. The number of carbonyl (C=O) groups excluding carboxylic acids is 1. The molecule has 6 nitrogen and oxygen atoms in total. The number of hydrogen-bond acceptors (Lipinski definition) is 4. The van der Waals surface area contributed by atoms with Crippen LogP contribution in [0.1, 0.15) is 31.2 Å². The molecule has 0 saturated carbocycles. The van der Waals surface area contributed by atoms with Gasteiger partial charge in [-0.1, -0.05) is 43.6 Å². The Balaban J connectivity index is 1.54. The van der Waals surface area contributed by atoms with E-state index < -0.39 is 0 Å². The maximum absolute atomic E-state index is 12.6. The maximum Gasteiger partial charge on any atom is 0.225 e. The third-order valence-corrected chi connectivity index (χ3v) is 6.31. The Morgan fingerprint density at radius 1 is 1.30 bits per heavy atom. The molecule has 2 saturated heterocycles. The molecule has 1 amide bonds. The summed E-state index contributed by atoms with van der Waals surface area (Å²) < 4.78 is 1.99. The molecule has 4 rings (SSSR count). The van der Waals surface area contributed by atoms with E-state index in [1.165, 1.54) is 0 Å². The second kappa shape index (κ2) is 6.91. The molecule has 2 aliphatic heterocycles. The first-order valence-corrected chi connectivity index (χ1v) is 9.86. The van der Waals surface area contributed by atoms with E-state index in [4.69, 9.17) is 11.6 Å². The van der Waals surface area contributed by atoms with Crippen molar-refractivity contribution in [3.8, 4) is 0 Å². The van der Waals surface area contributed by atoms with Crippen molar-refractivity contribution in [1.82, 2.24) is 24.6 Å². The van der Waals surface area contributed by atoms with Crippen molar-refractivity contribution >= 4 is 17.5 Å². The molecule has 1 spiro atoms. The molecule has 7 heteroatoms. The van der Waals surface area contributed by atoms with E-state index in [-0.39, 0.29) is 23.2 Å². The van der Waals surface area contributed by atoms with Crippen molar-refractivity contribution in [2.45, 2.75) is 26.3 Å². The van der Waals surface area contributed by atoms with Crippen LogP contribution in [0.25, 0.3) is 0 Å². The number of nitrogens with zero attached hydrogens (tertiary/aromatic N) is 5. The van der Waals surface area contributed by atoms with Crippen molar-refractivity contribution in [3.05, 3.63) is 47.0 Å². The normalized spacial score (nSPS) is 21.8. The summed E-state index contributed by atoms with van der Waals surface area (Å²) >= 11 is 6.33. The van der Waals surface area contributed by atoms with E-state index in [1.54, 1.807) is 6.33 Å². The van der Waals surface area contributed by atoms with Crippen LogP contribution in [0.15, 0.2) is 30.6 Å². The highest BCUT2D eigenvalue weighted by molar-refractivity contribution is 6.31. The summed E-state index contributed by atoms with van der Waals surface area (Å²) in [6, 6.07) is 8.00. The summed E-state index contributed by atoms with van der Waals surface area (Å²) in [5.41, 5.74) is 1.20. The number of halogens is 1. The molecular formula is C20H26ClN5O. The lowest BCUT2D eigenvalue weighted by atomic mass is 9.71. The Morgan fingerprint density at radius 3 is 2.67 bits per heavy atom. The smallest absolute Gasteiger partial charge is 0.225 e.